The minimum Gasteiger partial charge on any atom is -0.352 e. The molecule has 1 aliphatic rings. The number of benzene rings is 2. The van der Waals surface area contributed by atoms with Crippen molar-refractivity contribution in [1.29, 1.82) is 0 Å². The van der Waals surface area contributed by atoms with Crippen LogP contribution in [0.3, 0.4) is 0 Å². The number of hydrogen-bond acceptors (Lipinski definition) is 5. The molecule has 5 nitrogen and oxygen atoms in total. The Kier molecular flexibility index (Phi) is 7.06. The Morgan fingerprint density at radius 1 is 1.10 bits per heavy atom. The molecule has 1 aromatic heterocycles. The normalized spacial score (nSPS) is 15.2. The highest BCUT2D eigenvalue weighted by molar-refractivity contribution is 7.13. The van der Waals surface area contributed by atoms with Crippen molar-refractivity contribution in [1.82, 2.24) is 20.1 Å². The van der Waals surface area contributed by atoms with Crippen molar-refractivity contribution in [2.75, 3.05) is 33.2 Å². The third kappa shape index (κ3) is 6.19. The number of likely N-dealkylation sites (N-methyl/N-ethyl adjacent to an activating group) is 1. The molecule has 0 atom stereocenters. The molecule has 0 saturated carbocycles. The van der Waals surface area contributed by atoms with Crippen molar-refractivity contribution in [3.63, 3.8) is 0 Å². The molecule has 0 spiro atoms. The molecule has 31 heavy (non-hydrogen) atoms. The van der Waals surface area contributed by atoms with Gasteiger partial charge in [0.15, 0.2) is 0 Å². The highest BCUT2D eigenvalue weighted by Crippen LogP contribution is 2.25. The van der Waals surface area contributed by atoms with Crippen LogP contribution in [0.5, 0.6) is 0 Å². The summed E-state index contributed by atoms with van der Waals surface area (Å²) in [5.41, 5.74) is 4.01. The third-order valence-electron chi connectivity index (χ3n) is 5.47. The predicted octanol–water partition coefficient (Wildman–Crippen LogP) is 3.56. The summed E-state index contributed by atoms with van der Waals surface area (Å²) in [6.45, 7) is 5.73. The van der Waals surface area contributed by atoms with Crippen molar-refractivity contribution in [3.8, 4) is 10.6 Å². The Morgan fingerprint density at radius 2 is 1.87 bits per heavy atom. The minimum absolute atomic E-state index is 0.0926. The molecule has 7 heteroatoms. The first-order valence-electron chi connectivity index (χ1n) is 10.5. The van der Waals surface area contributed by atoms with Gasteiger partial charge in [-0.25, -0.2) is 9.37 Å². The van der Waals surface area contributed by atoms with Crippen molar-refractivity contribution < 1.29 is 9.18 Å². The zero-order chi connectivity index (χ0) is 21.6. The SMILES string of the molecule is CN1CCN(Cc2cccc(-c3nc(CC(=O)NCc4ccc(F)cc4)cs3)c2)CC1. The molecule has 0 radical (unpaired) electrons. The standard InChI is InChI=1S/C24H27FN4OS/c1-28-9-11-29(12-10-28)16-19-3-2-4-20(13-19)24-27-22(17-31-24)14-23(30)26-15-18-5-7-21(25)8-6-18/h2-8,13,17H,9-12,14-16H2,1H3,(H,26,30). The summed E-state index contributed by atoms with van der Waals surface area (Å²) in [4.78, 5) is 21.8. The van der Waals surface area contributed by atoms with Crippen LogP contribution in [0.1, 0.15) is 16.8 Å². The molecule has 1 amide bonds. The van der Waals surface area contributed by atoms with Crippen LogP contribution in [-0.2, 0) is 24.3 Å². The van der Waals surface area contributed by atoms with Gasteiger partial charge >= 0.3 is 0 Å². The van der Waals surface area contributed by atoms with Gasteiger partial charge in [0.2, 0.25) is 5.91 Å². The van der Waals surface area contributed by atoms with Gasteiger partial charge in [-0.1, -0.05) is 30.3 Å². The number of nitrogens with zero attached hydrogens (tertiary/aromatic N) is 3. The average Bonchev–Trinajstić information content (AvgIpc) is 3.24. The molecule has 2 aromatic carbocycles. The molecule has 1 saturated heterocycles. The van der Waals surface area contributed by atoms with Crippen LogP contribution in [0.25, 0.3) is 10.6 Å². The van der Waals surface area contributed by atoms with Crippen LogP contribution in [0.4, 0.5) is 4.39 Å². The third-order valence-corrected chi connectivity index (χ3v) is 6.41. The zero-order valence-electron chi connectivity index (χ0n) is 17.7. The maximum absolute atomic E-state index is 13.0. The van der Waals surface area contributed by atoms with E-state index in [1.807, 2.05) is 5.38 Å². The number of carbonyl (C=O) groups is 1. The molecule has 1 N–H and O–H groups in total. The van der Waals surface area contributed by atoms with E-state index in [0.29, 0.717) is 6.54 Å². The first kappa shape index (κ1) is 21.6. The van der Waals surface area contributed by atoms with Gasteiger partial charge in [0.25, 0.3) is 0 Å². The maximum Gasteiger partial charge on any atom is 0.226 e. The van der Waals surface area contributed by atoms with Gasteiger partial charge in [0.05, 0.1) is 12.1 Å². The summed E-state index contributed by atoms with van der Waals surface area (Å²) in [5.74, 6) is -0.373. The first-order chi connectivity index (χ1) is 15.0. The van der Waals surface area contributed by atoms with E-state index in [1.54, 1.807) is 23.5 Å². The van der Waals surface area contributed by atoms with E-state index >= 15 is 0 Å². The van der Waals surface area contributed by atoms with Crippen LogP contribution < -0.4 is 5.32 Å². The van der Waals surface area contributed by atoms with Crippen LogP contribution >= 0.6 is 11.3 Å². The van der Waals surface area contributed by atoms with E-state index < -0.39 is 0 Å². The molecule has 162 valence electrons. The molecule has 3 aromatic rings. The molecule has 1 fully saturated rings. The van der Waals surface area contributed by atoms with Gasteiger partial charge in [0, 0.05) is 50.2 Å². The number of halogens is 1. The Balaban J connectivity index is 1.32. The lowest BCUT2D eigenvalue weighted by Crippen LogP contribution is -2.43. The highest BCUT2D eigenvalue weighted by Gasteiger charge is 2.15. The largest absolute Gasteiger partial charge is 0.352 e. The Labute approximate surface area is 186 Å². The van der Waals surface area contributed by atoms with E-state index in [-0.39, 0.29) is 18.1 Å². The summed E-state index contributed by atoms with van der Waals surface area (Å²) in [5, 5.41) is 5.74. The van der Waals surface area contributed by atoms with Crippen molar-refractivity contribution in [2.45, 2.75) is 19.5 Å². The van der Waals surface area contributed by atoms with Crippen LogP contribution in [0.15, 0.2) is 53.9 Å². The number of hydrogen-bond donors (Lipinski definition) is 1. The molecule has 2 heterocycles. The maximum atomic E-state index is 13.0. The predicted molar refractivity (Wildman–Crippen MR) is 122 cm³/mol. The minimum atomic E-state index is -0.280. The Hall–Kier alpha value is -2.61. The zero-order valence-corrected chi connectivity index (χ0v) is 18.5. The molecular formula is C24H27FN4OS. The molecule has 4 rings (SSSR count). The van der Waals surface area contributed by atoms with Gasteiger partial charge < -0.3 is 10.2 Å². The van der Waals surface area contributed by atoms with E-state index in [2.05, 4.69) is 51.4 Å². The number of nitrogens with one attached hydrogen (secondary N) is 1. The quantitative estimate of drug-likeness (QED) is 0.613. The second-order valence-corrected chi connectivity index (χ2v) is 8.86. The van der Waals surface area contributed by atoms with Crippen molar-refractivity contribution in [2.24, 2.45) is 0 Å². The fourth-order valence-electron chi connectivity index (χ4n) is 3.62. The fraction of sp³-hybridized carbons (Fsp3) is 0.333. The number of aromatic nitrogens is 1. The van der Waals surface area contributed by atoms with Gasteiger partial charge in [-0.15, -0.1) is 11.3 Å². The first-order valence-corrected chi connectivity index (χ1v) is 11.4. The second kappa shape index (κ2) is 10.1. The fourth-order valence-corrected chi connectivity index (χ4v) is 4.43. The smallest absolute Gasteiger partial charge is 0.226 e. The van der Waals surface area contributed by atoms with E-state index in [4.69, 9.17) is 0 Å². The highest BCUT2D eigenvalue weighted by atomic mass is 32.1. The summed E-state index contributed by atoms with van der Waals surface area (Å²) >= 11 is 1.56. The van der Waals surface area contributed by atoms with Gasteiger partial charge in [-0.2, -0.15) is 0 Å². The number of carbonyl (C=O) groups excluding carboxylic acids is 1. The van der Waals surface area contributed by atoms with Gasteiger partial charge in [-0.3, -0.25) is 9.69 Å². The lowest BCUT2D eigenvalue weighted by atomic mass is 10.1. The summed E-state index contributed by atoms with van der Waals surface area (Å²) < 4.78 is 13.0. The monoisotopic (exact) mass is 438 g/mol. The van der Waals surface area contributed by atoms with Gasteiger partial charge in [0.1, 0.15) is 10.8 Å². The van der Waals surface area contributed by atoms with Crippen molar-refractivity contribution in [3.05, 3.63) is 76.5 Å². The molecule has 1 aliphatic heterocycles. The molecule has 0 unspecified atom stereocenters. The van der Waals surface area contributed by atoms with Crippen LogP contribution in [-0.4, -0.2) is 53.9 Å². The number of thiazole rings is 1. The van der Waals surface area contributed by atoms with Crippen LogP contribution in [0.2, 0.25) is 0 Å². The Morgan fingerprint density at radius 3 is 2.65 bits per heavy atom. The summed E-state index contributed by atoms with van der Waals surface area (Å²) in [6, 6.07) is 14.7. The lowest BCUT2D eigenvalue weighted by Gasteiger charge is -2.32. The average molecular weight is 439 g/mol. The molecular weight excluding hydrogens is 411 g/mol. The van der Waals surface area contributed by atoms with E-state index in [1.165, 1.54) is 17.7 Å². The van der Waals surface area contributed by atoms with E-state index in [0.717, 1.165) is 54.6 Å². The second-order valence-electron chi connectivity index (χ2n) is 8.00. The number of rotatable bonds is 7. The lowest BCUT2D eigenvalue weighted by molar-refractivity contribution is -0.120. The number of piperazine rings is 1. The van der Waals surface area contributed by atoms with Crippen molar-refractivity contribution >= 4 is 17.2 Å². The Bertz CT molecular complexity index is 1010. The number of amides is 1. The summed E-state index contributed by atoms with van der Waals surface area (Å²) in [6.07, 6.45) is 0.235. The van der Waals surface area contributed by atoms with Gasteiger partial charge in [-0.05, 0) is 36.4 Å². The summed E-state index contributed by atoms with van der Waals surface area (Å²) in [7, 11) is 2.17. The molecule has 0 aliphatic carbocycles. The van der Waals surface area contributed by atoms with E-state index in [9.17, 15) is 9.18 Å². The molecule has 0 bridgehead atoms. The van der Waals surface area contributed by atoms with Crippen LogP contribution in [0, 0.1) is 5.82 Å². The topological polar surface area (TPSA) is 48.5 Å².